The molecule has 1 aromatic carbocycles. The normalized spacial score (nSPS) is 22.9. The van der Waals surface area contributed by atoms with Gasteiger partial charge < -0.3 is 25.2 Å². The van der Waals surface area contributed by atoms with Crippen LogP contribution in [0.5, 0.6) is 11.5 Å². The number of nitrogens with one attached hydrogen (secondary N) is 2. The Hall–Kier alpha value is -1.79. The van der Waals surface area contributed by atoms with Gasteiger partial charge in [-0.25, -0.2) is 0 Å². The number of amides is 1. The smallest absolute Gasteiger partial charge is 0.258 e. The van der Waals surface area contributed by atoms with Gasteiger partial charge in [0.25, 0.3) is 5.91 Å². The van der Waals surface area contributed by atoms with E-state index in [2.05, 4.69) is 10.6 Å². The van der Waals surface area contributed by atoms with E-state index in [0.717, 1.165) is 39.0 Å². The highest BCUT2D eigenvalue weighted by molar-refractivity contribution is 5.99. The topological polar surface area (TPSA) is 79.8 Å². The van der Waals surface area contributed by atoms with Crippen LogP contribution in [0.4, 0.5) is 0 Å². The first-order chi connectivity index (χ1) is 11.1. The van der Waals surface area contributed by atoms with Crippen LogP contribution in [0.25, 0.3) is 0 Å². The van der Waals surface area contributed by atoms with Crippen LogP contribution in [0.3, 0.4) is 0 Å². The number of carbonyl (C=O) groups excluding carboxylic acids is 1. The van der Waals surface area contributed by atoms with Gasteiger partial charge >= 0.3 is 0 Å². The number of hydrogen-bond donors (Lipinski definition) is 3. The van der Waals surface area contributed by atoms with Gasteiger partial charge in [0.2, 0.25) is 0 Å². The fraction of sp³-hybridized carbons (Fsp3) is 0.588. The first kappa shape index (κ1) is 16.1. The molecule has 0 aromatic heterocycles. The summed E-state index contributed by atoms with van der Waals surface area (Å²) in [5.74, 6) is -0.0523. The molecule has 3 rings (SSSR count). The minimum absolute atomic E-state index is 0.0360. The third-order valence-electron chi connectivity index (χ3n) is 4.89. The zero-order valence-electron chi connectivity index (χ0n) is 13.4. The van der Waals surface area contributed by atoms with Crippen LogP contribution < -0.4 is 15.4 Å². The molecule has 1 unspecified atom stereocenters. The molecule has 0 saturated carbocycles. The van der Waals surface area contributed by atoms with E-state index in [1.807, 2.05) is 0 Å². The van der Waals surface area contributed by atoms with E-state index in [9.17, 15) is 9.90 Å². The molecule has 1 aromatic rings. The first-order valence-corrected chi connectivity index (χ1v) is 8.10. The van der Waals surface area contributed by atoms with Crippen molar-refractivity contribution in [2.24, 2.45) is 5.41 Å². The largest absolute Gasteiger partial charge is 0.507 e. The van der Waals surface area contributed by atoms with E-state index in [-0.39, 0.29) is 28.7 Å². The molecule has 2 saturated heterocycles. The molecule has 2 heterocycles. The number of aromatic hydroxyl groups is 1. The number of carbonyl (C=O) groups is 1. The summed E-state index contributed by atoms with van der Waals surface area (Å²) in [4.78, 5) is 12.4. The van der Waals surface area contributed by atoms with E-state index < -0.39 is 0 Å². The molecular formula is C17H24N2O4. The van der Waals surface area contributed by atoms with E-state index >= 15 is 0 Å². The molecule has 1 spiro atoms. The Balaban J connectivity index is 1.58. The lowest BCUT2D eigenvalue weighted by Gasteiger charge is -2.32. The summed E-state index contributed by atoms with van der Waals surface area (Å²) < 4.78 is 11.0. The number of phenols is 1. The van der Waals surface area contributed by atoms with E-state index in [1.54, 1.807) is 12.1 Å². The number of benzene rings is 1. The molecule has 0 aliphatic carbocycles. The van der Waals surface area contributed by atoms with Crippen molar-refractivity contribution in [1.82, 2.24) is 10.6 Å². The number of ether oxygens (including phenoxy) is 2. The van der Waals surface area contributed by atoms with Crippen LogP contribution in [0.1, 0.15) is 29.6 Å². The lowest BCUT2D eigenvalue weighted by molar-refractivity contribution is 0.0778. The SMILES string of the molecule is COc1cccc(O)c1C(=O)NCC1CC2(CCNCC2)CO1. The second kappa shape index (κ2) is 6.76. The minimum atomic E-state index is -0.338. The highest BCUT2D eigenvalue weighted by Gasteiger charge is 2.40. The Labute approximate surface area is 136 Å². The van der Waals surface area contributed by atoms with Crippen LogP contribution in [-0.4, -0.2) is 50.5 Å². The average molecular weight is 320 g/mol. The Morgan fingerprint density at radius 1 is 1.48 bits per heavy atom. The number of methoxy groups -OCH3 is 1. The van der Waals surface area contributed by atoms with Gasteiger partial charge in [-0.1, -0.05) is 6.07 Å². The Kier molecular flexibility index (Phi) is 4.73. The number of hydrogen-bond acceptors (Lipinski definition) is 5. The standard InChI is InChI=1S/C17H24N2O4/c1-22-14-4-2-3-13(20)15(14)16(21)19-10-12-9-17(11-23-12)5-7-18-8-6-17/h2-4,12,18,20H,5-11H2,1H3,(H,19,21). The minimum Gasteiger partial charge on any atom is -0.507 e. The molecule has 6 heteroatoms. The highest BCUT2D eigenvalue weighted by Crippen LogP contribution is 2.40. The van der Waals surface area contributed by atoms with Gasteiger partial charge in [0, 0.05) is 6.54 Å². The quantitative estimate of drug-likeness (QED) is 0.779. The van der Waals surface area contributed by atoms with Crippen molar-refractivity contribution in [1.29, 1.82) is 0 Å². The van der Waals surface area contributed by atoms with Gasteiger partial charge in [-0.05, 0) is 49.9 Å². The van der Waals surface area contributed by atoms with Gasteiger partial charge in [0.05, 0.1) is 19.8 Å². The first-order valence-electron chi connectivity index (χ1n) is 8.10. The lowest BCUT2D eigenvalue weighted by atomic mass is 9.77. The maximum absolute atomic E-state index is 12.4. The monoisotopic (exact) mass is 320 g/mol. The Morgan fingerprint density at radius 2 is 2.26 bits per heavy atom. The molecule has 2 aliphatic rings. The molecular weight excluding hydrogens is 296 g/mol. The average Bonchev–Trinajstić information content (AvgIpc) is 2.95. The fourth-order valence-electron chi connectivity index (χ4n) is 3.54. The summed E-state index contributed by atoms with van der Waals surface area (Å²) in [7, 11) is 1.48. The van der Waals surface area contributed by atoms with Crippen molar-refractivity contribution < 1.29 is 19.4 Å². The molecule has 0 bridgehead atoms. The Morgan fingerprint density at radius 3 is 3.00 bits per heavy atom. The molecule has 2 aliphatic heterocycles. The van der Waals surface area contributed by atoms with Crippen molar-refractivity contribution in [3.63, 3.8) is 0 Å². The molecule has 6 nitrogen and oxygen atoms in total. The maximum Gasteiger partial charge on any atom is 0.258 e. The second-order valence-electron chi connectivity index (χ2n) is 6.45. The summed E-state index contributed by atoms with van der Waals surface area (Å²) >= 11 is 0. The molecule has 1 atom stereocenters. The van der Waals surface area contributed by atoms with E-state index in [1.165, 1.54) is 13.2 Å². The van der Waals surface area contributed by atoms with Crippen LogP contribution >= 0.6 is 0 Å². The van der Waals surface area contributed by atoms with Crippen LogP contribution in [0.15, 0.2) is 18.2 Å². The summed E-state index contributed by atoms with van der Waals surface area (Å²) in [6.07, 6.45) is 3.27. The van der Waals surface area contributed by atoms with E-state index in [0.29, 0.717) is 12.3 Å². The molecule has 1 amide bonds. The van der Waals surface area contributed by atoms with Crippen LogP contribution in [-0.2, 0) is 4.74 Å². The summed E-state index contributed by atoms with van der Waals surface area (Å²) in [5, 5.41) is 16.1. The molecule has 0 radical (unpaired) electrons. The number of piperidine rings is 1. The predicted molar refractivity (Wildman–Crippen MR) is 85.9 cm³/mol. The van der Waals surface area contributed by atoms with Crippen molar-refractivity contribution in [2.45, 2.75) is 25.4 Å². The number of phenolic OH excluding ortho intramolecular Hbond substituents is 1. The maximum atomic E-state index is 12.4. The fourth-order valence-corrected chi connectivity index (χ4v) is 3.54. The predicted octanol–water partition coefficient (Wildman–Crippen LogP) is 1.29. The highest BCUT2D eigenvalue weighted by atomic mass is 16.5. The van der Waals surface area contributed by atoms with Gasteiger partial charge in [0.1, 0.15) is 17.1 Å². The molecule has 126 valence electrons. The van der Waals surface area contributed by atoms with Crippen LogP contribution in [0.2, 0.25) is 0 Å². The van der Waals surface area contributed by atoms with Crippen molar-refractivity contribution >= 4 is 5.91 Å². The zero-order chi connectivity index (χ0) is 16.3. The lowest BCUT2D eigenvalue weighted by Crippen LogP contribution is -2.38. The van der Waals surface area contributed by atoms with Crippen molar-refractivity contribution in [3.8, 4) is 11.5 Å². The second-order valence-corrected chi connectivity index (χ2v) is 6.45. The van der Waals surface area contributed by atoms with Gasteiger partial charge in [-0.3, -0.25) is 4.79 Å². The van der Waals surface area contributed by atoms with Crippen molar-refractivity contribution in [2.75, 3.05) is 33.4 Å². The molecule has 3 N–H and O–H groups in total. The third kappa shape index (κ3) is 3.43. The molecule has 2 fully saturated rings. The third-order valence-corrected chi connectivity index (χ3v) is 4.89. The zero-order valence-corrected chi connectivity index (χ0v) is 13.4. The van der Waals surface area contributed by atoms with Crippen molar-refractivity contribution in [3.05, 3.63) is 23.8 Å². The van der Waals surface area contributed by atoms with Crippen LogP contribution in [0, 0.1) is 5.41 Å². The van der Waals surface area contributed by atoms with E-state index in [4.69, 9.17) is 9.47 Å². The summed E-state index contributed by atoms with van der Waals surface area (Å²) in [5.41, 5.74) is 0.442. The Bertz CT molecular complexity index is 570. The summed E-state index contributed by atoms with van der Waals surface area (Å²) in [6.45, 7) is 3.30. The van der Waals surface area contributed by atoms with Gasteiger partial charge in [0.15, 0.2) is 0 Å². The number of rotatable bonds is 4. The van der Waals surface area contributed by atoms with Gasteiger partial charge in [-0.2, -0.15) is 0 Å². The van der Waals surface area contributed by atoms with Gasteiger partial charge in [-0.15, -0.1) is 0 Å². The molecule has 23 heavy (non-hydrogen) atoms. The summed E-state index contributed by atoms with van der Waals surface area (Å²) in [6, 6.07) is 4.78.